The first-order valence-corrected chi connectivity index (χ1v) is 4.74. The monoisotopic (exact) mass is 205 g/mol. The molecule has 0 unspecified atom stereocenters. The van der Waals surface area contributed by atoms with E-state index in [0.29, 0.717) is 6.42 Å². The van der Waals surface area contributed by atoms with E-state index < -0.39 is 0 Å². The van der Waals surface area contributed by atoms with Crippen molar-refractivity contribution in [1.82, 2.24) is 20.2 Å². The zero-order chi connectivity index (χ0) is 11.1. The van der Waals surface area contributed by atoms with Gasteiger partial charge in [-0.3, -0.25) is 4.99 Å². The molecule has 0 aliphatic heterocycles. The van der Waals surface area contributed by atoms with Crippen molar-refractivity contribution < 1.29 is 0 Å². The average molecular weight is 205 g/mol. The molecule has 1 rings (SSSR count). The Bertz CT molecular complexity index is 386. The van der Waals surface area contributed by atoms with Crippen LogP contribution in [0.3, 0.4) is 0 Å². The fourth-order valence-electron chi connectivity index (χ4n) is 1.05. The van der Waals surface area contributed by atoms with E-state index >= 15 is 0 Å². The zero-order valence-electron chi connectivity index (χ0n) is 9.25. The Morgan fingerprint density at radius 2 is 2.27 bits per heavy atom. The van der Waals surface area contributed by atoms with Gasteiger partial charge in [-0.25, -0.2) is 4.68 Å². The van der Waals surface area contributed by atoms with Gasteiger partial charge in [0.15, 0.2) is 5.82 Å². The number of aryl methyl sites for hydroxylation is 1. The minimum absolute atomic E-state index is 0.647. The molecule has 0 radical (unpaired) electrons. The molecule has 1 aromatic rings. The van der Waals surface area contributed by atoms with Gasteiger partial charge in [0, 0.05) is 19.8 Å². The molecule has 0 N–H and O–H groups in total. The first-order valence-electron chi connectivity index (χ1n) is 4.74. The van der Waals surface area contributed by atoms with Crippen LogP contribution in [-0.2, 0) is 13.5 Å². The summed E-state index contributed by atoms with van der Waals surface area (Å²) in [5, 5.41) is 11.2. The number of aromatic nitrogens is 4. The summed E-state index contributed by atoms with van der Waals surface area (Å²) in [4.78, 5) is 4.16. The highest BCUT2D eigenvalue weighted by molar-refractivity contribution is 5.96. The van der Waals surface area contributed by atoms with Crippen molar-refractivity contribution in [1.29, 1.82) is 0 Å². The van der Waals surface area contributed by atoms with Gasteiger partial charge in [0.2, 0.25) is 0 Å². The van der Waals surface area contributed by atoms with Crippen LogP contribution < -0.4 is 0 Å². The third-order valence-electron chi connectivity index (χ3n) is 1.93. The highest BCUT2D eigenvalue weighted by Gasteiger charge is 2.03. The predicted molar refractivity (Wildman–Crippen MR) is 59.8 cm³/mol. The quantitative estimate of drug-likeness (QED) is 0.543. The van der Waals surface area contributed by atoms with Gasteiger partial charge in [0.25, 0.3) is 0 Å². The summed E-state index contributed by atoms with van der Waals surface area (Å²) >= 11 is 0. The molecule has 5 heteroatoms. The molecular weight excluding hydrogens is 190 g/mol. The molecule has 15 heavy (non-hydrogen) atoms. The second kappa shape index (κ2) is 5.85. The van der Waals surface area contributed by atoms with Crippen molar-refractivity contribution in [2.45, 2.75) is 13.3 Å². The molecule has 0 aromatic carbocycles. The lowest BCUT2D eigenvalue weighted by atomic mass is 10.2. The largest absolute Gasteiger partial charge is 0.293 e. The molecule has 0 amide bonds. The fraction of sp³-hybridized carbons (Fsp3) is 0.400. The van der Waals surface area contributed by atoms with Crippen molar-refractivity contribution in [3.8, 4) is 0 Å². The SMILES string of the molecule is C/C=C\C=C/C(Cc1nnnn1C)=NC. The third kappa shape index (κ3) is 3.46. The summed E-state index contributed by atoms with van der Waals surface area (Å²) in [6.07, 6.45) is 8.47. The molecule has 0 bridgehead atoms. The van der Waals surface area contributed by atoms with Crippen molar-refractivity contribution in [2.75, 3.05) is 7.05 Å². The highest BCUT2D eigenvalue weighted by Crippen LogP contribution is 1.95. The summed E-state index contributed by atoms with van der Waals surface area (Å²) in [5.41, 5.74) is 0.950. The molecule has 0 fully saturated rings. The molecule has 0 spiro atoms. The second-order valence-electron chi connectivity index (χ2n) is 3.00. The van der Waals surface area contributed by atoms with Crippen LogP contribution in [-0.4, -0.2) is 33.0 Å². The number of nitrogens with zero attached hydrogens (tertiary/aromatic N) is 5. The Hall–Kier alpha value is -1.78. The van der Waals surface area contributed by atoms with Crippen LogP contribution in [0.2, 0.25) is 0 Å². The first-order chi connectivity index (χ1) is 7.27. The molecule has 0 saturated heterocycles. The van der Waals surface area contributed by atoms with Gasteiger partial charge in [-0.05, 0) is 23.4 Å². The van der Waals surface area contributed by atoms with Gasteiger partial charge in [-0.1, -0.05) is 18.2 Å². The normalized spacial score (nSPS) is 13.1. The second-order valence-corrected chi connectivity index (χ2v) is 3.00. The standard InChI is InChI=1S/C10H15N5/c1-4-5-6-7-9(11-2)8-10-12-13-14-15(10)3/h4-7H,8H2,1-3H3/b5-4-,7-6-,11-9?. The van der Waals surface area contributed by atoms with Crippen LogP contribution >= 0.6 is 0 Å². The Balaban J connectivity index is 2.67. The van der Waals surface area contributed by atoms with E-state index in [0.717, 1.165) is 11.5 Å². The minimum Gasteiger partial charge on any atom is -0.293 e. The van der Waals surface area contributed by atoms with Gasteiger partial charge >= 0.3 is 0 Å². The molecule has 0 aliphatic rings. The van der Waals surface area contributed by atoms with E-state index in [2.05, 4.69) is 20.5 Å². The van der Waals surface area contributed by atoms with E-state index in [9.17, 15) is 0 Å². The van der Waals surface area contributed by atoms with E-state index in [1.165, 1.54) is 0 Å². The fourth-order valence-corrected chi connectivity index (χ4v) is 1.05. The van der Waals surface area contributed by atoms with Crippen LogP contribution in [0.25, 0.3) is 0 Å². The Kier molecular flexibility index (Phi) is 4.40. The van der Waals surface area contributed by atoms with E-state index in [4.69, 9.17) is 0 Å². The van der Waals surface area contributed by atoms with Gasteiger partial charge in [0.05, 0.1) is 6.42 Å². The van der Waals surface area contributed by atoms with E-state index in [-0.39, 0.29) is 0 Å². The lowest BCUT2D eigenvalue weighted by Gasteiger charge is -1.97. The van der Waals surface area contributed by atoms with Crippen LogP contribution in [0.4, 0.5) is 0 Å². The topological polar surface area (TPSA) is 56.0 Å². The summed E-state index contributed by atoms with van der Waals surface area (Å²) < 4.78 is 1.65. The lowest BCUT2D eigenvalue weighted by Crippen LogP contribution is -2.06. The molecule has 0 atom stereocenters. The summed E-state index contributed by atoms with van der Waals surface area (Å²) in [6.45, 7) is 1.97. The van der Waals surface area contributed by atoms with Gasteiger partial charge < -0.3 is 0 Å². The van der Waals surface area contributed by atoms with Crippen LogP contribution in [0, 0.1) is 0 Å². The number of rotatable bonds is 4. The van der Waals surface area contributed by atoms with E-state index in [1.54, 1.807) is 11.7 Å². The van der Waals surface area contributed by atoms with Crippen molar-refractivity contribution in [2.24, 2.45) is 12.0 Å². The molecule has 0 aliphatic carbocycles. The summed E-state index contributed by atoms with van der Waals surface area (Å²) in [5.74, 6) is 0.806. The molecule has 0 saturated carbocycles. The van der Waals surface area contributed by atoms with Crippen molar-refractivity contribution in [3.63, 3.8) is 0 Å². The lowest BCUT2D eigenvalue weighted by molar-refractivity contribution is 0.690. The van der Waals surface area contributed by atoms with Crippen LogP contribution in [0.15, 0.2) is 29.3 Å². The average Bonchev–Trinajstić information content (AvgIpc) is 2.63. The minimum atomic E-state index is 0.647. The molecule has 5 nitrogen and oxygen atoms in total. The van der Waals surface area contributed by atoms with Crippen molar-refractivity contribution >= 4 is 5.71 Å². The number of allylic oxidation sites excluding steroid dienone is 4. The van der Waals surface area contributed by atoms with Crippen LogP contribution in [0.1, 0.15) is 12.7 Å². The van der Waals surface area contributed by atoms with Gasteiger partial charge in [-0.2, -0.15) is 0 Å². The van der Waals surface area contributed by atoms with Gasteiger partial charge in [0.1, 0.15) is 0 Å². The van der Waals surface area contributed by atoms with E-state index in [1.807, 2.05) is 38.3 Å². The predicted octanol–water partition coefficient (Wildman–Crippen LogP) is 0.956. The number of hydrogen-bond acceptors (Lipinski definition) is 4. The Labute approximate surface area is 89.2 Å². The summed E-state index contributed by atoms with van der Waals surface area (Å²) in [7, 11) is 3.58. The third-order valence-corrected chi connectivity index (χ3v) is 1.93. The molecule has 1 heterocycles. The Morgan fingerprint density at radius 1 is 1.47 bits per heavy atom. The molecular formula is C10H15N5. The maximum absolute atomic E-state index is 4.16. The number of tetrazole rings is 1. The highest BCUT2D eigenvalue weighted by atomic mass is 15.5. The summed E-state index contributed by atoms with van der Waals surface area (Å²) in [6, 6.07) is 0. The Morgan fingerprint density at radius 3 is 2.80 bits per heavy atom. The maximum atomic E-state index is 4.16. The van der Waals surface area contributed by atoms with Gasteiger partial charge in [-0.15, -0.1) is 5.10 Å². The van der Waals surface area contributed by atoms with Crippen molar-refractivity contribution in [3.05, 3.63) is 30.1 Å². The number of aliphatic imine (C=N–C) groups is 1. The number of hydrogen-bond donors (Lipinski definition) is 0. The van der Waals surface area contributed by atoms with Crippen LogP contribution in [0.5, 0.6) is 0 Å². The molecule has 80 valence electrons. The molecule has 1 aromatic heterocycles. The smallest absolute Gasteiger partial charge is 0.156 e. The maximum Gasteiger partial charge on any atom is 0.156 e. The first kappa shape index (κ1) is 11.3. The zero-order valence-corrected chi connectivity index (χ0v) is 9.25.